The molecule has 0 saturated carbocycles. The molecule has 0 fully saturated rings. The molecule has 0 aliphatic carbocycles. The van der Waals surface area contributed by atoms with E-state index in [0.29, 0.717) is 35.3 Å². The van der Waals surface area contributed by atoms with Crippen LogP contribution in [0, 0.1) is 13.8 Å². The molecule has 28 heavy (non-hydrogen) atoms. The van der Waals surface area contributed by atoms with Crippen molar-refractivity contribution in [1.29, 1.82) is 0 Å². The van der Waals surface area contributed by atoms with E-state index in [1.54, 1.807) is 33.1 Å². The molecule has 6 nitrogen and oxygen atoms in total. The molecule has 0 spiro atoms. The molecular formula is C21H25NO5S. The average molecular weight is 404 g/mol. The molecule has 0 aromatic heterocycles. The molecule has 3 rings (SSSR count). The fourth-order valence-corrected chi connectivity index (χ4v) is 5.96. The lowest BCUT2D eigenvalue weighted by Gasteiger charge is -2.38. The van der Waals surface area contributed by atoms with Gasteiger partial charge in [0.15, 0.2) is 0 Å². The lowest BCUT2D eigenvalue weighted by atomic mass is 9.98. The number of hydrogen-bond donors (Lipinski definition) is 0. The number of hydrogen-bond acceptors (Lipinski definition) is 5. The first kappa shape index (κ1) is 20.4. The fraction of sp³-hybridized carbons (Fsp3) is 0.381. The van der Waals surface area contributed by atoms with Gasteiger partial charge >= 0.3 is 0 Å². The van der Waals surface area contributed by atoms with Crippen molar-refractivity contribution in [3.63, 3.8) is 0 Å². The largest absolute Gasteiger partial charge is 0.497 e. The van der Waals surface area contributed by atoms with Crippen LogP contribution in [0.15, 0.2) is 41.3 Å². The van der Waals surface area contributed by atoms with E-state index in [9.17, 15) is 13.2 Å². The van der Waals surface area contributed by atoms with Gasteiger partial charge in [-0.05, 0) is 61.6 Å². The van der Waals surface area contributed by atoms with E-state index in [4.69, 9.17) is 9.47 Å². The maximum atomic E-state index is 13.8. The summed E-state index contributed by atoms with van der Waals surface area (Å²) in [6.45, 7) is 3.67. The molecule has 1 aliphatic heterocycles. The summed E-state index contributed by atoms with van der Waals surface area (Å²) in [4.78, 5) is 10.9. The first-order valence-electron chi connectivity index (χ1n) is 9.19. The molecule has 0 saturated heterocycles. The van der Waals surface area contributed by atoms with Crippen molar-refractivity contribution in [2.24, 2.45) is 0 Å². The zero-order valence-electron chi connectivity index (χ0n) is 16.3. The van der Waals surface area contributed by atoms with Crippen LogP contribution in [0.1, 0.15) is 23.1 Å². The third-order valence-electron chi connectivity index (χ3n) is 4.99. The highest BCUT2D eigenvalue weighted by molar-refractivity contribution is 7.93. The molecule has 0 amide bonds. The van der Waals surface area contributed by atoms with Crippen molar-refractivity contribution in [3.8, 4) is 5.75 Å². The van der Waals surface area contributed by atoms with Gasteiger partial charge in [-0.25, -0.2) is 8.42 Å². The molecule has 0 N–H and O–H groups in total. The number of aryl methyl sites for hydroxylation is 3. The summed E-state index contributed by atoms with van der Waals surface area (Å²) in [6, 6.07) is 10.6. The van der Waals surface area contributed by atoms with Gasteiger partial charge in [-0.1, -0.05) is 18.2 Å². The van der Waals surface area contributed by atoms with E-state index >= 15 is 0 Å². The average Bonchev–Trinajstić information content (AvgIpc) is 2.66. The van der Waals surface area contributed by atoms with Gasteiger partial charge in [0.1, 0.15) is 18.6 Å². The van der Waals surface area contributed by atoms with E-state index in [0.717, 1.165) is 12.0 Å². The number of para-hydroxylation sites is 1. The Balaban J connectivity index is 2.12. The Morgan fingerprint density at radius 1 is 1.18 bits per heavy atom. The molecule has 1 unspecified atom stereocenters. The summed E-state index contributed by atoms with van der Waals surface area (Å²) >= 11 is 0. The second kappa shape index (κ2) is 8.32. The van der Waals surface area contributed by atoms with Gasteiger partial charge < -0.3 is 14.3 Å². The maximum Gasteiger partial charge on any atom is 0.265 e. The van der Waals surface area contributed by atoms with Crippen molar-refractivity contribution in [3.05, 3.63) is 53.1 Å². The van der Waals surface area contributed by atoms with Crippen LogP contribution in [0.25, 0.3) is 0 Å². The number of sulfonamides is 1. The van der Waals surface area contributed by atoms with Crippen LogP contribution in [0.2, 0.25) is 0 Å². The Hall–Kier alpha value is -2.38. The number of ether oxygens (including phenoxy) is 2. The van der Waals surface area contributed by atoms with Crippen molar-refractivity contribution in [2.45, 2.75) is 37.6 Å². The van der Waals surface area contributed by atoms with Crippen LogP contribution in [0.4, 0.5) is 5.69 Å². The third-order valence-corrected chi connectivity index (χ3v) is 7.16. The highest BCUT2D eigenvalue weighted by Crippen LogP contribution is 2.38. The molecule has 150 valence electrons. The topological polar surface area (TPSA) is 72.9 Å². The Kier molecular flexibility index (Phi) is 6.05. The van der Waals surface area contributed by atoms with Crippen molar-refractivity contribution < 1.29 is 22.7 Å². The molecule has 2 aromatic carbocycles. The van der Waals surface area contributed by atoms with Gasteiger partial charge in [0.25, 0.3) is 10.0 Å². The third kappa shape index (κ3) is 3.77. The second-order valence-electron chi connectivity index (χ2n) is 6.92. The first-order valence-corrected chi connectivity index (χ1v) is 10.6. The van der Waals surface area contributed by atoms with Gasteiger partial charge in [0, 0.05) is 0 Å². The van der Waals surface area contributed by atoms with Gasteiger partial charge in [0.05, 0.1) is 30.3 Å². The van der Waals surface area contributed by atoms with Crippen molar-refractivity contribution >= 4 is 22.0 Å². The maximum absolute atomic E-state index is 13.8. The Bertz CT molecular complexity index is 948. The molecule has 0 radical (unpaired) electrons. The zero-order chi connectivity index (χ0) is 20.3. The van der Waals surface area contributed by atoms with E-state index < -0.39 is 10.0 Å². The first-order chi connectivity index (χ1) is 13.4. The summed E-state index contributed by atoms with van der Waals surface area (Å²) < 4.78 is 39.7. The smallest absolute Gasteiger partial charge is 0.265 e. The van der Waals surface area contributed by atoms with Crippen LogP contribution in [0.3, 0.4) is 0 Å². The van der Waals surface area contributed by atoms with Gasteiger partial charge in [-0.15, -0.1) is 0 Å². The normalized spacial score (nSPS) is 16.5. The molecule has 2 aromatic rings. The lowest BCUT2D eigenvalue weighted by molar-refractivity contribution is -0.112. The molecule has 1 aliphatic rings. The number of rotatable bonds is 7. The number of carbonyl (C=O) groups excluding carboxylic acids is 1. The Morgan fingerprint density at radius 3 is 2.50 bits per heavy atom. The van der Waals surface area contributed by atoms with E-state index in [1.165, 1.54) is 4.31 Å². The highest BCUT2D eigenvalue weighted by atomic mass is 32.2. The highest BCUT2D eigenvalue weighted by Gasteiger charge is 2.37. The number of benzene rings is 2. The summed E-state index contributed by atoms with van der Waals surface area (Å²) in [5.74, 6) is 0.624. The minimum Gasteiger partial charge on any atom is -0.497 e. The molecular weight excluding hydrogens is 378 g/mol. The van der Waals surface area contributed by atoms with Crippen LogP contribution >= 0.6 is 0 Å². The standard InChI is InChI=1S/C21H25NO5S/c1-15-12-19(26-3)13-16(2)21(15)28(24,25)22-18(14-27-11-10-23)9-8-17-6-4-5-7-20(17)22/h4-7,10,12-13,18H,8-9,11,14H2,1-3H3. The minimum absolute atomic E-state index is 0.0490. The molecule has 1 atom stereocenters. The number of aldehydes is 1. The Labute approximate surface area is 166 Å². The summed E-state index contributed by atoms with van der Waals surface area (Å²) in [6.07, 6.45) is 2.06. The predicted octanol–water partition coefficient (Wildman–Crippen LogP) is 3.04. The van der Waals surface area contributed by atoms with Crippen LogP contribution < -0.4 is 9.04 Å². The van der Waals surface area contributed by atoms with Crippen molar-refractivity contribution in [2.75, 3.05) is 24.6 Å². The van der Waals surface area contributed by atoms with Gasteiger partial charge in [0.2, 0.25) is 0 Å². The molecule has 7 heteroatoms. The van der Waals surface area contributed by atoms with E-state index in [1.807, 2.05) is 24.3 Å². The zero-order valence-corrected chi connectivity index (χ0v) is 17.2. The van der Waals surface area contributed by atoms with Crippen molar-refractivity contribution in [1.82, 2.24) is 0 Å². The number of methoxy groups -OCH3 is 1. The van der Waals surface area contributed by atoms with Crippen LogP contribution in [-0.4, -0.2) is 41.1 Å². The Morgan fingerprint density at radius 2 is 1.86 bits per heavy atom. The summed E-state index contributed by atoms with van der Waals surface area (Å²) in [5, 5.41) is 0. The SMILES string of the molecule is COc1cc(C)c(S(=O)(=O)N2c3ccccc3CCC2COCC=O)c(C)c1. The summed E-state index contributed by atoms with van der Waals surface area (Å²) in [5.41, 5.74) is 2.92. The lowest BCUT2D eigenvalue weighted by Crippen LogP contribution is -2.46. The molecule has 1 heterocycles. The summed E-state index contributed by atoms with van der Waals surface area (Å²) in [7, 11) is -2.28. The number of fused-ring (bicyclic) bond motifs is 1. The van der Waals surface area contributed by atoms with E-state index in [2.05, 4.69) is 0 Å². The number of carbonyl (C=O) groups is 1. The van der Waals surface area contributed by atoms with Crippen LogP contribution in [0.5, 0.6) is 5.75 Å². The van der Waals surface area contributed by atoms with Crippen LogP contribution in [-0.2, 0) is 26.0 Å². The number of anilines is 1. The van der Waals surface area contributed by atoms with Gasteiger partial charge in [-0.2, -0.15) is 0 Å². The second-order valence-corrected chi connectivity index (χ2v) is 8.67. The monoisotopic (exact) mass is 403 g/mol. The van der Waals surface area contributed by atoms with Gasteiger partial charge in [-0.3, -0.25) is 4.31 Å². The predicted molar refractivity (Wildman–Crippen MR) is 108 cm³/mol. The quantitative estimate of drug-likeness (QED) is 0.525. The molecule has 0 bridgehead atoms. The number of nitrogens with zero attached hydrogens (tertiary/aromatic N) is 1. The van der Waals surface area contributed by atoms with E-state index in [-0.39, 0.29) is 24.2 Å². The fourth-order valence-electron chi connectivity index (χ4n) is 3.84. The minimum atomic E-state index is -3.84.